The van der Waals surface area contributed by atoms with Crippen LogP contribution in [-0.2, 0) is 0 Å². The topological polar surface area (TPSA) is 74.7 Å². The minimum atomic E-state index is 0.0949. The quantitative estimate of drug-likeness (QED) is 0.362. The molecule has 0 aliphatic carbocycles. The Labute approximate surface area is 102 Å². The van der Waals surface area contributed by atoms with Crippen molar-refractivity contribution in [3.8, 4) is 0 Å². The van der Waals surface area contributed by atoms with E-state index in [1.165, 1.54) is 0 Å². The Bertz CT molecular complexity index is 440. The summed E-state index contributed by atoms with van der Waals surface area (Å²) in [6.45, 7) is 7.96. The van der Waals surface area contributed by atoms with Gasteiger partial charge in [-0.2, -0.15) is 0 Å². The number of aromatic nitrogens is 1. The molecule has 5 nitrogen and oxygen atoms in total. The summed E-state index contributed by atoms with van der Waals surface area (Å²) in [7, 11) is 1.98. The molecule has 0 spiro atoms. The van der Waals surface area contributed by atoms with Gasteiger partial charge in [-0.15, -0.1) is 0 Å². The van der Waals surface area contributed by atoms with Gasteiger partial charge in [0.1, 0.15) is 0 Å². The Kier molecular flexibility index (Phi) is 3.93. The molecule has 5 heteroatoms. The molecular weight excluding hydrogens is 216 g/mol. The highest BCUT2D eigenvalue weighted by Crippen LogP contribution is 2.24. The van der Waals surface area contributed by atoms with Gasteiger partial charge in [0.05, 0.1) is 16.9 Å². The summed E-state index contributed by atoms with van der Waals surface area (Å²) in [4.78, 5) is 6.42. The minimum Gasteiger partial charge on any atom is -0.409 e. The number of amidine groups is 1. The first-order valence-electron chi connectivity index (χ1n) is 5.57. The third kappa shape index (κ3) is 2.67. The lowest BCUT2D eigenvalue weighted by Crippen LogP contribution is -2.29. The highest BCUT2D eigenvalue weighted by molar-refractivity contribution is 6.03. The van der Waals surface area contributed by atoms with Crippen molar-refractivity contribution < 1.29 is 5.21 Å². The van der Waals surface area contributed by atoms with Gasteiger partial charge >= 0.3 is 0 Å². The van der Waals surface area contributed by atoms with Crippen molar-refractivity contribution >= 4 is 11.5 Å². The van der Waals surface area contributed by atoms with Crippen molar-refractivity contribution in [3.63, 3.8) is 0 Å². The largest absolute Gasteiger partial charge is 0.409 e. The first kappa shape index (κ1) is 13.3. The highest BCUT2D eigenvalue weighted by Gasteiger charge is 2.17. The lowest BCUT2D eigenvalue weighted by molar-refractivity contribution is 0.318. The van der Waals surface area contributed by atoms with Crippen LogP contribution in [0.3, 0.4) is 0 Å². The van der Waals surface area contributed by atoms with Gasteiger partial charge in [-0.05, 0) is 33.8 Å². The molecule has 0 amide bonds. The van der Waals surface area contributed by atoms with Crippen molar-refractivity contribution in [2.75, 3.05) is 11.9 Å². The zero-order valence-electron chi connectivity index (χ0n) is 11.0. The van der Waals surface area contributed by atoms with Gasteiger partial charge in [0, 0.05) is 18.8 Å². The highest BCUT2D eigenvalue weighted by atomic mass is 16.4. The number of nitrogens with two attached hydrogens (primary N) is 1. The molecule has 17 heavy (non-hydrogen) atoms. The maximum absolute atomic E-state index is 8.84. The Hall–Kier alpha value is -1.78. The lowest BCUT2D eigenvalue weighted by Gasteiger charge is -2.27. The summed E-state index contributed by atoms with van der Waals surface area (Å²) in [6.07, 6.45) is 0. The van der Waals surface area contributed by atoms with Crippen LogP contribution in [0.4, 0.5) is 5.69 Å². The summed E-state index contributed by atoms with van der Waals surface area (Å²) in [5, 5.41) is 11.9. The van der Waals surface area contributed by atoms with Gasteiger partial charge in [-0.1, -0.05) is 5.16 Å². The standard InChI is InChI=1S/C12H20N4O/c1-7(2)16(5)10-6-8(3)14-9(4)11(10)12(13)15-17/h6-7,17H,1-5H3,(H2,13,15). The number of oxime groups is 1. The van der Waals surface area contributed by atoms with Crippen molar-refractivity contribution in [2.24, 2.45) is 10.9 Å². The molecule has 1 heterocycles. The summed E-state index contributed by atoms with van der Waals surface area (Å²) < 4.78 is 0. The van der Waals surface area contributed by atoms with Gasteiger partial charge in [0.2, 0.25) is 0 Å². The Balaban J connectivity index is 3.46. The first-order chi connectivity index (χ1) is 7.88. The molecule has 0 bridgehead atoms. The fourth-order valence-corrected chi connectivity index (χ4v) is 1.73. The maximum atomic E-state index is 8.84. The van der Waals surface area contributed by atoms with E-state index in [2.05, 4.69) is 28.9 Å². The molecule has 0 fully saturated rings. The Morgan fingerprint density at radius 3 is 2.53 bits per heavy atom. The van der Waals surface area contributed by atoms with E-state index >= 15 is 0 Å². The van der Waals surface area contributed by atoms with Gasteiger partial charge in [0.15, 0.2) is 5.84 Å². The first-order valence-corrected chi connectivity index (χ1v) is 5.57. The van der Waals surface area contributed by atoms with E-state index in [-0.39, 0.29) is 5.84 Å². The molecule has 0 aliphatic rings. The summed E-state index contributed by atoms with van der Waals surface area (Å²) in [6, 6.07) is 2.27. The van der Waals surface area contributed by atoms with Crippen LogP contribution in [0.1, 0.15) is 30.8 Å². The number of anilines is 1. The van der Waals surface area contributed by atoms with Crippen molar-refractivity contribution in [2.45, 2.75) is 33.7 Å². The van der Waals surface area contributed by atoms with E-state index in [0.29, 0.717) is 11.6 Å². The fourth-order valence-electron chi connectivity index (χ4n) is 1.73. The normalized spacial score (nSPS) is 12.0. The number of hydrogen-bond acceptors (Lipinski definition) is 4. The molecule has 0 saturated heterocycles. The van der Waals surface area contributed by atoms with E-state index in [0.717, 1.165) is 17.1 Å². The van der Waals surface area contributed by atoms with Crippen LogP contribution in [0.5, 0.6) is 0 Å². The SMILES string of the molecule is Cc1cc(N(C)C(C)C)c(/C(N)=N/O)c(C)n1. The van der Waals surface area contributed by atoms with E-state index < -0.39 is 0 Å². The van der Waals surface area contributed by atoms with Gasteiger partial charge in [0.25, 0.3) is 0 Å². The van der Waals surface area contributed by atoms with Crippen LogP contribution in [0, 0.1) is 13.8 Å². The zero-order valence-corrected chi connectivity index (χ0v) is 11.0. The van der Waals surface area contributed by atoms with E-state index in [4.69, 9.17) is 10.9 Å². The van der Waals surface area contributed by atoms with E-state index in [1.54, 1.807) is 0 Å². The van der Waals surface area contributed by atoms with Crippen LogP contribution >= 0.6 is 0 Å². The molecule has 0 saturated carbocycles. The average Bonchev–Trinajstić information content (AvgIpc) is 2.25. The number of nitrogens with zero attached hydrogens (tertiary/aromatic N) is 3. The number of pyridine rings is 1. The molecule has 1 rings (SSSR count). The molecule has 1 aromatic heterocycles. The minimum absolute atomic E-state index is 0.0949. The third-order valence-electron chi connectivity index (χ3n) is 2.83. The van der Waals surface area contributed by atoms with Gasteiger partial charge in [-0.3, -0.25) is 4.98 Å². The van der Waals surface area contributed by atoms with Crippen molar-refractivity contribution in [1.82, 2.24) is 4.98 Å². The Morgan fingerprint density at radius 2 is 2.06 bits per heavy atom. The maximum Gasteiger partial charge on any atom is 0.174 e. The molecular formula is C12H20N4O. The molecule has 0 aromatic carbocycles. The van der Waals surface area contributed by atoms with Gasteiger partial charge in [-0.25, -0.2) is 0 Å². The number of hydrogen-bond donors (Lipinski definition) is 2. The van der Waals surface area contributed by atoms with Crippen LogP contribution in [0.15, 0.2) is 11.2 Å². The predicted octanol–water partition coefficient (Wildman–Crippen LogP) is 1.64. The molecule has 0 radical (unpaired) electrons. The second-order valence-corrected chi connectivity index (χ2v) is 4.43. The van der Waals surface area contributed by atoms with Gasteiger partial charge < -0.3 is 15.8 Å². The molecule has 94 valence electrons. The second kappa shape index (κ2) is 5.03. The second-order valence-electron chi connectivity index (χ2n) is 4.43. The number of aryl methyl sites for hydroxylation is 2. The smallest absolute Gasteiger partial charge is 0.174 e. The van der Waals surface area contributed by atoms with Crippen LogP contribution in [0.25, 0.3) is 0 Å². The molecule has 1 aromatic rings. The Morgan fingerprint density at radius 1 is 1.47 bits per heavy atom. The molecule has 0 atom stereocenters. The predicted molar refractivity (Wildman–Crippen MR) is 69.8 cm³/mol. The zero-order chi connectivity index (χ0) is 13.2. The number of rotatable bonds is 3. The molecule has 3 N–H and O–H groups in total. The monoisotopic (exact) mass is 236 g/mol. The molecule has 0 unspecified atom stereocenters. The fraction of sp³-hybridized carbons (Fsp3) is 0.500. The summed E-state index contributed by atoms with van der Waals surface area (Å²) in [5.74, 6) is 0.0949. The third-order valence-corrected chi connectivity index (χ3v) is 2.83. The lowest BCUT2D eigenvalue weighted by atomic mass is 10.1. The van der Waals surface area contributed by atoms with Crippen molar-refractivity contribution in [1.29, 1.82) is 0 Å². The summed E-state index contributed by atoms with van der Waals surface area (Å²) in [5.41, 5.74) is 9.02. The van der Waals surface area contributed by atoms with E-state index in [9.17, 15) is 0 Å². The van der Waals surface area contributed by atoms with E-state index in [1.807, 2.05) is 27.0 Å². The molecule has 0 aliphatic heterocycles. The summed E-state index contributed by atoms with van der Waals surface area (Å²) >= 11 is 0. The van der Waals surface area contributed by atoms with Crippen LogP contribution in [-0.4, -0.2) is 29.1 Å². The van der Waals surface area contributed by atoms with Crippen molar-refractivity contribution in [3.05, 3.63) is 23.0 Å². The van der Waals surface area contributed by atoms with Crippen LogP contribution in [0.2, 0.25) is 0 Å². The van der Waals surface area contributed by atoms with Crippen LogP contribution < -0.4 is 10.6 Å². The average molecular weight is 236 g/mol.